The van der Waals surface area contributed by atoms with Gasteiger partial charge in [-0.2, -0.15) is 27.1 Å². The molecule has 202 valence electrons. The van der Waals surface area contributed by atoms with Gasteiger partial charge in [-0.05, 0) is 23.3 Å². The van der Waals surface area contributed by atoms with Gasteiger partial charge in [0, 0.05) is 12.1 Å². The molecule has 2 nitrogen and oxygen atoms in total. The van der Waals surface area contributed by atoms with Gasteiger partial charge in [0.05, 0.1) is 11.6 Å². The first-order valence-electron chi connectivity index (χ1n) is 14.2. The van der Waals surface area contributed by atoms with Crippen LogP contribution in [-0.4, -0.2) is 6.15 Å². The highest BCUT2D eigenvalue weighted by Crippen LogP contribution is 2.10. The van der Waals surface area contributed by atoms with E-state index in [1.54, 1.807) is 0 Å². The van der Waals surface area contributed by atoms with Crippen molar-refractivity contribution in [3.05, 3.63) is 187 Å². The number of hydrogen-bond acceptors (Lipinski definition) is 1. The second-order valence-corrected chi connectivity index (χ2v) is 10.4. The third-order valence-electron chi connectivity index (χ3n) is 7.71. The zero-order chi connectivity index (χ0) is 29.0. The molecule has 0 bridgehead atoms. The number of hydrogen-bond donors (Lipinski definition) is 0. The van der Waals surface area contributed by atoms with E-state index >= 15 is 0 Å². The average molecular weight is 541 g/mol. The molecule has 0 unspecified atom stereocenters. The Bertz CT molecular complexity index is 1580. The van der Waals surface area contributed by atoms with E-state index in [1.807, 2.05) is 54.3 Å². The highest BCUT2D eigenvalue weighted by atomic mass is 14.9. The van der Waals surface area contributed by atoms with Crippen LogP contribution in [0.25, 0.3) is 12.2 Å². The molecule has 6 rings (SSSR count). The minimum Gasteiger partial charge on any atom is -0.208 e. The number of aryl methyl sites for hydroxylation is 1. The van der Waals surface area contributed by atoms with E-state index in [4.69, 9.17) is 5.26 Å². The minimum atomic E-state index is -1.22. The molecule has 0 spiro atoms. The van der Waals surface area contributed by atoms with Crippen molar-refractivity contribution in [1.29, 1.82) is 5.26 Å². The molecule has 0 radical (unpaired) electrons. The Balaban J connectivity index is 0.000000181. The largest absolute Gasteiger partial charge is 0.208 e. The summed E-state index contributed by atoms with van der Waals surface area (Å²) in [6.45, 7) is 0. The molecule has 0 fully saturated rings. The smallest absolute Gasteiger partial charge is 0.169 e. The van der Waals surface area contributed by atoms with Gasteiger partial charge in [-0.1, -0.05) is 146 Å². The van der Waals surface area contributed by atoms with Crippen LogP contribution in [0.2, 0.25) is 0 Å². The summed E-state index contributed by atoms with van der Waals surface area (Å²) in [5.41, 5.74) is 8.30. The molecule has 1 heterocycles. The van der Waals surface area contributed by atoms with Crippen LogP contribution in [0.5, 0.6) is 0 Å². The highest BCUT2D eigenvalue weighted by Gasteiger charge is 2.31. The fourth-order valence-corrected chi connectivity index (χ4v) is 5.61. The van der Waals surface area contributed by atoms with Crippen LogP contribution in [0.4, 0.5) is 0 Å². The van der Waals surface area contributed by atoms with Gasteiger partial charge in [0.2, 0.25) is 0 Å². The lowest BCUT2D eigenvalue weighted by molar-refractivity contribution is -0.671. The van der Waals surface area contributed by atoms with Crippen LogP contribution in [0.1, 0.15) is 16.7 Å². The lowest BCUT2D eigenvalue weighted by Gasteiger charge is -2.44. The van der Waals surface area contributed by atoms with Crippen molar-refractivity contribution in [2.75, 3.05) is 0 Å². The lowest BCUT2D eigenvalue weighted by Crippen LogP contribution is -2.74. The molecular formula is C39H33BN2. The van der Waals surface area contributed by atoms with Crippen molar-refractivity contribution >= 4 is 40.1 Å². The van der Waals surface area contributed by atoms with Crippen molar-refractivity contribution < 1.29 is 4.57 Å². The second kappa shape index (κ2) is 13.7. The molecule has 0 N–H and O–H groups in total. The maximum atomic E-state index is 8.69. The molecule has 1 aromatic heterocycles. The van der Waals surface area contributed by atoms with Crippen LogP contribution in [0.15, 0.2) is 170 Å². The molecule has 42 heavy (non-hydrogen) atoms. The Kier molecular flexibility index (Phi) is 9.19. The summed E-state index contributed by atoms with van der Waals surface area (Å²) in [6, 6.07) is 57.3. The van der Waals surface area contributed by atoms with E-state index in [1.165, 1.54) is 21.9 Å². The van der Waals surface area contributed by atoms with Crippen molar-refractivity contribution in [3.63, 3.8) is 0 Å². The first kappa shape index (κ1) is 28.1. The summed E-state index contributed by atoms with van der Waals surface area (Å²) >= 11 is 0. The maximum absolute atomic E-state index is 8.69. The number of aromatic nitrogens is 1. The van der Waals surface area contributed by atoms with Crippen LogP contribution in [0, 0.1) is 11.3 Å². The average Bonchev–Trinajstić information content (AvgIpc) is 3.07. The summed E-state index contributed by atoms with van der Waals surface area (Å²) in [6.07, 6.45) is 6.90. The molecule has 6 aromatic rings. The fourth-order valence-electron chi connectivity index (χ4n) is 5.61. The zero-order valence-corrected chi connectivity index (χ0v) is 23.8. The number of pyridine rings is 1. The normalized spacial score (nSPS) is 10.9. The van der Waals surface area contributed by atoms with Gasteiger partial charge in [-0.15, -0.1) is 0 Å². The molecule has 0 aliphatic heterocycles. The van der Waals surface area contributed by atoms with E-state index in [-0.39, 0.29) is 0 Å². The van der Waals surface area contributed by atoms with Gasteiger partial charge >= 0.3 is 0 Å². The molecule has 0 aliphatic rings. The van der Waals surface area contributed by atoms with Crippen molar-refractivity contribution in [2.24, 2.45) is 7.05 Å². The van der Waals surface area contributed by atoms with E-state index in [2.05, 4.69) is 146 Å². The maximum Gasteiger partial charge on any atom is 0.169 e. The topological polar surface area (TPSA) is 27.7 Å². The first-order chi connectivity index (χ1) is 20.7. The van der Waals surface area contributed by atoms with Gasteiger partial charge < -0.3 is 0 Å². The van der Waals surface area contributed by atoms with Crippen LogP contribution < -0.4 is 26.4 Å². The number of benzene rings is 5. The Morgan fingerprint density at radius 1 is 0.476 bits per heavy atom. The molecule has 5 aromatic carbocycles. The Hall–Kier alpha value is -5.46. The van der Waals surface area contributed by atoms with Crippen molar-refractivity contribution in [3.8, 4) is 6.07 Å². The predicted octanol–water partition coefficient (Wildman–Crippen LogP) is 5.62. The third kappa shape index (κ3) is 6.46. The lowest BCUT2D eigenvalue weighted by atomic mass is 9.13. The fraction of sp³-hybridized carbons (Fsp3) is 0.0256. The van der Waals surface area contributed by atoms with E-state index in [0.717, 1.165) is 11.1 Å². The van der Waals surface area contributed by atoms with E-state index in [0.29, 0.717) is 5.56 Å². The summed E-state index contributed by atoms with van der Waals surface area (Å²) in [7, 11) is 1.99. The minimum absolute atomic E-state index is 0.689. The molecule has 0 aliphatic carbocycles. The van der Waals surface area contributed by atoms with E-state index in [9.17, 15) is 0 Å². The van der Waals surface area contributed by atoms with Crippen LogP contribution in [-0.2, 0) is 7.05 Å². The molecule has 0 atom stereocenters. The predicted molar refractivity (Wildman–Crippen MR) is 178 cm³/mol. The van der Waals surface area contributed by atoms with Crippen molar-refractivity contribution in [2.45, 2.75) is 0 Å². The van der Waals surface area contributed by atoms with E-state index < -0.39 is 6.15 Å². The molecule has 0 amide bonds. The van der Waals surface area contributed by atoms with Crippen LogP contribution in [0.3, 0.4) is 0 Å². The number of rotatable bonds is 6. The Labute approximate surface area is 249 Å². The number of nitrogens with zero attached hydrogens (tertiary/aromatic N) is 2. The zero-order valence-electron chi connectivity index (χ0n) is 23.8. The monoisotopic (exact) mass is 540 g/mol. The van der Waals surface area contributed by atoms with Gasteiger partial charge in [-0.25, -0.2) is 4.57 Å². The van der Waals surface area contributed by atoms with Gasteiger partial charge in [0.1, 0.15) is 13.2 Å². The summed E-state index contributed by atoms with van der Waals surface area (Å²) in [5, 5.41) is 8.69. The third-order valence-corrected chi connectivity index (χ3v) is 7.71. The quantitative estimate of drug-likeness (QED) is 0.199. The summed E-state index contributed by atoms with van der Waals surface area (Å²) in [5.74, 6) is 0. The second-order valence-electron chi connectivity index (χ2n) is 10.4. The summed E-state index contributed by atoms with van der Waals surface area (Å²) < 4.78 is 2.00. The number of nitriles is 1. The molecule has 0 saturated heterocycles. The van der Waals surface area contributed by atoms with Gasteiger partial charge in [0.15, 0.2) is 12.4 Å². The van der Waals surface area contributed by atoms with Crippen LogP contribution >= 0.6 is 0 Å². The molecule has 3 heteroatoms. The highest BCUT2D eigenvalue weighted by molar-refractivity contribution is 7.19. The van der Waals surface area contributed by atoms with Crippen molar-refractivity contribution in [1.82, 2.24) is 0 Å². The van der Waals surface area contributed by atoms with Gasteiger partial charge in [-0.3, -0.25) is 0 Å². The Morgan fingerprint density at radius 2 is 0.810 bits per heavy atom. The van der Waals surface area contributed by atoms with Gasteiger partial charge in [0.25, 0.3) is 0 Å². The molecule has 0 saturated carbocycles. The molecular weight excluding hydrogens is 507 g/mol. The first-order valence-corrected chi connectivity index (χ1v) is 14.2. The summed E-state index contributed by atoms with van der Waals surface area (Å²) in [4.78, 5) is 0. The Morgan fingerprint density at radius 3 is 1.14 bits per heavy atom. The SMILES string of the molecule is C[n+]1ccc(/C=C/c2ccc(C#N)cc2)cc1.c1ccc([B-](c2ccccc2)(c2ccccc2)c2ccccc2)cc1. The standard InChI is InChI=1S/C24H20B.C15H13N2/c1-5-13-21(14-6-1)25(22-15-7-2-8-16-22,23-17-9-3-10-18-23)24-19-11-4-12-20-24;1-17-10-8-14(9-11-17)3-2-13-4-6-15(12-16)7-5-13/h1-20H;2-11H,1H3/q-1;+1/b;3-2+.